The van der Waals surface area contributed by atoms with Crippen LogP contribution in [0.25, 0.3) is 85.8 Å². The van der Waals surface area contributed by atoms with E-state index in [4.69, 9.17) is 11.5 Å². The molecule has 9 aromatic heterocycles. The van der Waals surface area contributed by atoms with Crippen molar-refractivity contribution in [2.45, 2.75) is 56.7 Å². The minimum absolute atomic E-state index is 0. The number of benzene rings is 4. The third-order valence-corrected chi connectivity index (χ3v) is 14.5. The van der Waals surface area contributed by atoms with E-state index in [1.165, 1.54) is 36.4 Å². The normalized spacial score (nSPS) is 11.1. The molecule has 0 unspecified atom stereocenters. The fraction of sp³-hybridized carbons (Fsp3) is 0.117. The van der Waals surface area contributed by atoms with Crippen LogP contribution in [0.15, 0.2) is 183 Å². The molecule has 9 heterocycles. The Labute approximate surface area is 622 Å². The first-order chi connectivity index (χ1) is 48.2. The molecule has 0 atom stereocenters. The number of allylic oxidation sites excluding steroid dienone is 4. The van der Waals surface area contributed by atoms with E-state index in [9.17, 15) is 35.5 Å². The summed E-state index contributed by atoms with van der Waals surface area (Å²) in [5.41, 5.74) is 14.3. The number of aromatic amines is 3. The number of hydrogen-bond donors (Lipinski definition) is 5. The molecule has 1 aliphatic rings. The molecule has 14 rings (SSSR count). The van der Waals surface area contributed by atoms with E-state index in [-0.39, 0.29) is 116 Å². The molecule has 0 amide bonds. The van der Waals surface area contributed by atoms with Crippen LogP contribution in [0.4, 0.5) is 11.4 Å². The number of nitrogens with two attached hydrogens (primary N) is 2. The van der Waals surface area contributed by atoms with Crippen LogP contribution >= 0.6 is 0 Å². The van der Waals surface area contributed by atoms with Gasteiger partial charge in [-0.3, -0.25) is 9.59 Å². The van der Waals surface area contributed by atoms with Crippen LogP contribution in [0.3, 0.4) is 0 Å². The Kier molecular flexibility index (Phi) is 28.7. The summed E-state index contributed by atoms with van der Waals surface area (Å²) < 4.78 is 66.3. The summed E-state index contributed by atoms with van der Waals surface area (Å²) in [6.07, 6.45) is 11.7. The number of rotatable bonds is 12. The van der Waals surface area contributed by atoms with Crippen molar-refractivity contribution < 1.29 is 85.1 Å². The van der Waals surface area contributed by atoms with Crippen molar-refractivity contribution in [3.63, 3.8) is 0 Å². The van der Waals surface area contributed by atoms with Crippen molar-refractivity contribution in [1.82, 2.24) is 142 Å². The Balaban J connectivity index is 0.000000178. The van der Waals surface area contributed by atoms with Crippen LogP contribution in [0.2, 0.25) is 0 Å². The average molecular weight is 1430 g/mol. The van der Waals surface area contributed by atoms with Gasteiger partial charge in [0.15, 0.2) is 34.9 Å². The van der Waals surface area contributed by atoms with E-state index < -0.39 is 30.0 Å². The van der Waals surface area contributed by atoms with Crippen molar-refractivity contribution in [2.75, 3.05) is 11.5 Å². The van der Waals surface area contributed by atoms with Crippen LogP contribution in [0, 0.1) is 13.8 Å². The Morgan fingerprint density at radius 1 is 0.422 bits per heavy atom. The minimum Gasteiger partial charge on any atom is -0.744 e. The summed E-state index contributed by atoms with van der Waals surface area (Å²) in [5, 5.41) is 93.3. The van der Waals surface area contributed by atoms with Gasteiger partial charge in [-0.15, -0.1) is 122 Å². The van der Waals surface area contributed by atoms with Crippen molar-refractivity contribution in [3.05, 3.63) is 214 Å². The molecule has 1 aliphatic carbocycles. The number of aromatic nitrogens is 28. The fourth-order valence-electron chi connectivity index (χ4n) is 7.86. The molecule has 102 heavy (non-hydrogen) atoms. The van der Waals surface area contributed by atoms with E-state index >= 15 is 0 Å². The third kappa shape index (κ3) is 22.8. The summed E-state index contributed by atoms with van der Waals surface area (Å²) in [5.74, 6) is 5.64. The van der Waals surface area contributed by atoms with Crippen molar-refractivity contribution in [1.29, 1.82) is 0 Å². The SMILES string of the molecule is C1=CCC(c2nnc(-c3ncc[nH]3)nn2)=C1.CCc1nnc(CC)nn1.Cc1nnc(C)nn1.Nc1cc(-c2nnc(-c3ccc(S(=O)(=O)[O-])c(N)c3)nn2)ccc1S(=O)(=O)[O-].O=c1cccc(-c2nnc(-c3cccc(=O)[nH]3)nn2)[nH]1.[Na+].[Na+].c1ccc(-c2nnc(-c3ccccc3)nn2)cc1. The van der Waals surface area contributed by atoms with Gasteiger partial charge in [-0.2, -0.15) is 0 Å². The first kappa shape index (κ1) is 77.9. The molecule has 0 saturated carbocycles. The molecule has 0 bridgehead atoms. The molecule has 0 spiro atoms. The number of H-pyrrole nitrogens is 3. The summed E-state index contributed by atoms with van der Waals surface area (Å²) in [6, 6.07) is 35.5. The van der Waals surface area contributed by atoms with Gasteiger partial charge in [0.25, 0.3) is 0 Å². The summed E-state index contributed by atoms with van der Waals surface area (Å²) in [6.45, 7) is 7.45. The van der Waals surface area contributed by atoms with E-state index in [2.05, 4.69) is 142 Å². The van der Waals surface area contributed by atoms with Gasteiger partial charge >= 0.3 is 59.1 Å². The standard InChI is InChI=1S/C14H12N6O6S2.C14H10N4.C12H8N6O2.C10H8N6.C6H10N4.C4H6N4.2Na/c15-9-5-7(1-3-11(9)27(21,22)23)13-17-19-14(20-18-13)8-2-4-12(10(16)6-8)28(24,25)26;1-3-7-11(8-4-1)13-15-17-14(18-16-13)12-9-5-2-6-10-12;19-9-5-1-3-7(13-9)11-15-17-12(18-16-11)8-4-2-6-10(20)14-8;1-2-4-7(3-1)8-13-15-10(16-14-8)9-11-5-6-12-9;1-3-5-7-9-6(4-2)10-8-5;1-3-5-7-4(2)8-6-3;;/h1-6H,15-16H2,(H,21,22,23)(H,24,25,26);1-10H;1-6H,(H,13,19)(H,14,20);1-3,5-6H,4H2,(H,11,12);3-4H2,1-2H3;1-2H3;;/q;;;;;;2*+1/p-2. The van der Waals surface area contributed by atoms with Gasteiger partial charge in [-0.25, -0.2) is 21.8 Å². The number of anilines is 2. The average Bonchev–Trinajstić information content (AvgIpc) is 0.923. The zero-order valence-corrected chi connectivity index (χ0v) is 60.3. The Bertz CT molecular complexity index is 4990. The summed E-state index contributed by atoms with van der Waals surface area (Å²) in [7, 11) is -9.43. The van der Waals surface area contributed by atoms with Gasteiger partial charge in [0, 0.05) is 76.6 Å². The second-order valence-electron chi connectivity index (χ2n) is 19.9. The summed E-state index contributed by atoms with van der Waals surface area (Å²) >= 11 is 0. The maximum absolute atomic E-state index is 11.2. The van der Waals surface area contributed by atoms with Crippen molar-refractivity contribution in [3.8, 4) is 80.2 Å². The van der Waals surface area contributed by atoms with E-state index in [1.807, 2.05) is 92.7 Å². The molecule has 4 aromatic carbocycles. The number of pyridine rings is 2. The van der Waals surface area contributed by atoms with Crippen LogP contribution in [0.1, 0.15) is 49.4 Å². The van der Waals surface area contributed by atoms with Gasteiger partial charge in [0.2, 0.25) is 51.9 Å². The van der Waals surface area contributed by atoms with Crippen LogP contribution in [0.5, 0.6) is 0 Å². The molecule has 7 N–H and O–H groups in total. The van der Waals surface area contributed by atoms with Crippen molar-refractivity contribution in [2.24, 2.45) is 0 Å². The molecule has 0 saturated heterocycles. The molecule has 13 aromatic rings. The Morgan fingerprint density at radius 3 is 1.11 bits per heavy atom. The zero-order valence-electron chi connectivity index (χ0n) is 54.6. The molecular formula is C60H52N30Na2O8S2. The van der Waals surface area contributed by atoms with Crippen LogP contribution in [-0.2, 0) is 33.1 Å². The second kappa shape index (κ2) is 37.6. The van der Waals surface area contributed by atoms with Gasteiger partial charge in [-0.05, 0) is 68.8 Å². The van der Waals surface area contributed by atoms with Gasteiger partial charge in [0.1, 0.15) is 20.2 Å². The van der Waals surface area contributed by atoms with E-state index in [1.54, 1.807) is 50.5 Å². The van der Waals surface area contributed by atoms with Crippen molar-refractivity contribution >= 4 is 37.2 Å². The van der Waals surface area contributed by atoms with E-state index in [0.717, 1.165) is 48.1 Å². The monoisotopic (exact) mass is 1430 g/mol. The number of hydrogen-bond acceptors (Lipinski definition) is 35. The first-order valence-electron chi connectivity index (χ1n) is 29.1. The molecule has 38 nitrogen and oxygen atoms in total. The molecule has 0 aliphatic heterocycles. The molecule has 0 fully saturated rings. The summed E-state index contributed by atoms with van der Waals surface area (Å²) in [4.78, 5) is 33.3. The second-order valence-corrected chi connectivity index (χ2v) is 22.6. The maximum Gasteiger partial charge on any atom is 1.00 e. The number of nitrogens with one attached hydrogen (secondary N) is 3. The van der Waals surface area contributed by atoms with Crippen LogP contribution < -0.4 is 81.7 Å². The van der Waals surface area contributed by atoms with Gasteiger partial charge in [-0.1, -0.05) is 105 Å². The van der Waals surface area contributed by atoms with E-state index in [0.29, 0.717) is 63.8 Å². The molecule has 504 valence electrons. The Hall–Kier alpha value is -11.5. The predicted octanol–water partition coefficient (Wildman–Crippen LogP) is -2.57. The third-order valence-electron chi connectivity index (χ3n) is 12.7. The number of nitrogen functional groups attached to an aromatic ring is 2. The molecular weight excluding hydrogens is 1380 g/mol. The smallest absolute Gasteiger partial charge is 0.744 e. The Morgan fingerprint density at radius 2 is 0.784 bits per heavy atom. The number of nitrogens with zero attached hydrogens (tertiary/aromatic N) is 25. The minimum atomic E-state index is -4.72. The van der Waals surface area contributed by atoms with Gasteiger partial charge < -0.3 is 35.5 Å². The zero-order chi connectivity index (χ0) is 71.0. The van der Waals surface area contributed by atoms with Crippen LogP contribution in [-0.4, -0.2) is 168 Å². The number of imidazole rings is 1. The number of aryl methyl sites for hydroxylation is 4. The quantitative estimate of drug-likeness (QED) is 0.0477. The first-order valence-corrected chi connectivity index (χ1v) is 32.0. The maximum atomic E-state index is 11.2. The molecule has 0 radical (unpaired) electrons. The molecule has 42 heteroatoms. The largest absolute Gasteiger partial charge is 1.00 e. The topological polar surface area (TPSA) is 570 Å². The fourth-order valence-corrected chi connectivity index (χ4v) is 9.03. The van der Waals surface area contributed by atoms with Gasteiger partial charge in [0.05, 0.1) is 21.2 Å². The predicted molar refractivity (Wildman–Crippen MR) is 352 cm³/mol.